The number of halogens is 1. The fourth-order valence-corrected chi connectivity index (χ4v) is 4.44. The lowest BCUT2D eigenvalue weighted by atomic mass is 10.1. The van der Waals surface area contributed by atoms with E-state index in [1.54, 1.807) is 23.0 Å². The number of amides is 1. The topological polar surface area (TPSA) is 59.4 Å². The highest BCUT2D eigenvalue weighted by Crippen LogP contribution is 2.32. The standard InChI is InChI=1S/C24H27FN4O2S/c1-28-22(10-11-26-28)21-16-19(6-9-23(21)31-15-14-29-12-2-3-13-29)27-24(30)17-32-20-7-4-18(25)5-8-20/h4-11,16H,2-3,12-15,17H2,1H3,(H,27,30). The van der Waals surface area contributed by atoms with Crippen molar-refractivity contribution in [3.05, 3.63) is 60.5 Å². The van der Waals surface area contributed by atoms with Crippen LogP contribution in [0.5, 0.6) is 5.75 Å². The van der Waals surface area contributed by atoms with Crippen molar-refractivity contribution < 1.29 is 13.9 Å². The number of hydrogen-bond acceptors (Lipinski definition) is 5. The zero-order valence-electron chi connectivity index (χ0n) is 18.1. The van der Waals surface area contributed by atoms with Crippen LogP contribution in [0, 0.1) is 5.82 Å². The molecule has 0 radical (unpaired) electrons. The number of anilines is 1. The third-order valence-corrected chi connectivity index (χ3v) is 6.42. The van der Waals surface area contributed by atoms with Gasteiger partial charge in [0.2, 0.25) is 5.91 Å². The Morgan fingerprint density at radius 2 is 1.94 bits per heavy atom. The Balaban J connectivity index is 1.42. The summed E-state index contributed by atoms with van der Waals surface area (Å²) in [6.45, 7) is 3.80. The number of ether oxygens (including phenoxy) is 1. The van der Waals surface area contributed by atoms with Crippen molar-refractivity contribution in [1.82, 2.24) is 14.7 Å². The van der Waals surface area contributed by atoms with Crippen LogP contribution in [0.3, 0.4) is 0 Å². The summed E-state index contributed by atoms with van der Waals surface area (Å²) in [4.78, 5) is 15.7. The molecule has 4 rings (SSSR count). The van der Waals surface area contributed by atoms with Gasteiger partial charge in [0, 0.05) is 35.9 Å². The van der Waals surface area contributed by atoms with Crippen LogP contribution in [0.15, 0.2) is 59.6 Å². The first-order valence-electron chi connectivity index (χ1n) is 10.7. The molecule has 0 aliphatic carbocycles. The number of carbonyl (C=O) groups is 1. The van der Waals surface area contributed by atoms with Gasteiger partial charge < -0.3 is 10.1 Å². The molecule has 3 aromatic rings. The van der Waals surface area contributed by atoms with Crippen molar-refractivity contribution in [1.29, 1.82) is 0 Å². The van der Waals surface area contributed by atoms with Crippen molar-refractivity contribution in [2.75, 3.05) is 37.3 Å². The van der Waals surface area contributed by atoms with Gasteiger partial charge in [-0.15, -0.1) is 11.8 Å². The Hall–Kier alpha value is -2.84. The second-order valence-electron chi connectivity index (χ2n) is 7.74. The molecule has 1 aromatic heterocycles. The molecule has 1 N–H and O–H groups in total. The van der Waals surface area contributed by atoms with E-state index in [0.717, 1.165) is 41.5 Å². The summed E-state index contributed by atoms with van der Waals surface area (Å²) in [5.74, 6) is 0.592. The lowest BCUT2D eigenvalue weighted by Gasteiger charge is -2.17. The summed E-state index contributed by atoms with van der Waals surface area (Å²) in [7, 11) is 1.88. The van der Waals surface area contributed by atoms with Crippen LogP contribution in [0.1, 0.15) is 12.8 Å². The maximum atomic E-state index is 13.0. The second kappa shape index (κ2) is 10.7. The van der Waals surface area contributed by atoms with Crippen LogP contribution in [-0.2, 0) is 11.8 Å². The smallest absolute Gasteiger partial charge is 0.234 e. The second-order valence-corrected chi connectivity index (χ2v) is 8.79. The third-order valence-electron chi connectivity index (χ3n) is 5.41. The molecule has 0 saturated carbocycles. The molecule has 1 amide bonds. The minimum Gasteiger partial charge on any atom is -0.492 e. The number of benzene rings is 2. The minimum atomic E-state index is -0.288. The minimum absolute atomic E-state index is 0.127. The molecule has 0 bridgehead atoms. The van der Waals surface area contributed by atoms with Gasteiger partial charge in [-0.05, 0) is 74.5 Å². The average molecular weight is 455 g/mol. The van der Waals surface area contributed by atoms with E-state index in [-0.39, 0.29) is 17.5 Å². The van der Waals surface area contributed by atoms with Gasteiger partial charge >= 0.3 is 0 Å². The predicted octanol–water partition coefficient (Wildman–Crippen LogP) is 4.43. The van der Waals surface area contributed by atoms with E-state index in [0.29, 0.717) is 12.3 Å². The summed E-state index contributed by atoms with van der Waals surface area (Å²) in [6, 6.07) is 13.7. The number of hydrogen-bond donors (Lipinski definition) is 1. The van der Waals surface area contributed by atoms with Crippen LogP contribution in [0.2, 0.25) is 0 Å². The molecule has 0 atom stereocenters. The monoisotopic (exact) mass is 454 g/mol. The summed E-state index contributed by atoms with van der Waals surface area (Å²) in [5, 5.41) is 7.22. The molecule has 0 spiro atoms. The van der Waals surface area contributed by atoms with Gasteiger partial charge in [-0.2, -0.15) is 5.10 Å². The zero-order chi connectivity index (χ0) is 22.3. The van der Waals surface area contributed by atoms with Gasteiger partial charge in [0.05, 0.1) is 11.4 Å². The van der Waals surface area contributed by atoms with E-state index in [1.165, 1.54) is 36.7 Å². The Kier molecular flexibility index (Phi) is 7.44. The first-order chi connectivity index (χ1) is 15.6. The molecule has 0 unspecified atom stereocenters. The molecule has 6 nitrogen and oxygen atoms in total. The van der Waals surface area contributed by atoms with Crippen molar-refractivity contribution in [2.45, 2.75) is 17.7 Å². The highest BCUT2D eigenvalue weighted by atomic mass is 32.2. The highest BCUT2D eigenvalue weighted by Gasteiger charge is 2.15. The zero-order valence-corrected chi connectivity index (χ0v) is 18.9. The summed E-state index contributed by atoms with van der Waals surface area (Å²) < 4.78 is 21.0. The molecule has 8 heteroatoms. The maximum absolute atomic E-state index is 13.0. The Morgan fingerprint density at radius 3 is 2.66 bits per heavy atom. The number of nitrogens with zero attached hydrogens (tertiary/aromatic N) is 3. The van der Waals surface area contributed by atoms with Gasteiger partial charge in [0.15, 0.2) is 0 Å². The highest BCUT2D eigenvalue weighted by molar-refractivity contribution is 8.00. The molecule has 2 aromatic carbocycles. The Morgan fingerprint density at radius 1 is 1.16 bits per heavy atom. The SMILES string of the molecule is Cn1nccc1-c1cc(NC(=O)CSc2ccc(F)cc2)ccc1OCCN1CCCC1. The van der Waals surface area contributed by atoms with Crippen molar-refractivity contribution in [3.63, 3.8) is 0 Å². The predicted molar refractivity (Wildman–Crippen MR) is 126 cm³/mol. The number of thioether (sulfide) groups is 1. The van der Waals surface area contributed by atoms with Crippen molar-refractivity contribution in [2.24, 2.45) is 7.05 Å². The van der Waals surface area contributed by atoms with Gasteiger partial charge in [-0.3, -0.25) is 14.4 Å². The molecule has 1 fully saturated rings. The quantitative estimate of drug-likeness (QED) is 0.485. The van der Waals surface area contributed by atoms with Crippen LogP contribution in [0.25, 0.3) is 11.3 Å². The number of nitrogens with one attached hydrogen (secondary N) is 1. The van der Waals surface area contributed by atoms with Crippen LogP contribution < -0.4 is 10.1 Å². The Bertz CT molecular complexity index is 1050. The molecule has 2 heterocycles. The summed E-state index contributed by atoms with van der Waals surface area (Å²) in [6.07, 6.45) is 4.26. The number of aromatic nitrogens is 2. The molecule has 1 aliphatic heterocycles. The normalized spacial score (nSPS) is 13.9. The number of rotatable bonds is 9. The average Bonchev–Trinajstić information content (AvgIpc) is 3.46. The third kappa shape index (κ3) is 5.89. The van der Waals surface area contributed by atoms with Gasteiger partial charge in [0.1, 0.15) is 18.2 Å². The van der Waals surface area contributed by atoms with E-state index >= 15 is 0 Å². The first-order valence-corrected chi connectivity index (χ1v) is 11.7. The number of likely N-dealkylation sites (tertiary alicyclic amines) is 1. The molecule has 168 valence electrons. The number of carbonyl (C=O) groups excluding carboxylic acids is 1. The van der Waals surface area contributed by atoms with E-state index in [4.69, 9.17) is 4.74 Å². The van der Waals surface area contributed by atoms with Crippen LogP contribution in [0.4, 0.5) is 10.1 Å². The molecule has 1 aliphatic rings. The van der Waals surface area contributed by atoms with E-state index in [9.17, 15) is 9.18 Å². The lowest BCUT2D eigenvalue weighted by Crippen LogP contribution is -2.25. The fourth-order valence-electron chi connectivity index (χ4n) is 3.74. The van der Waals surface area contributed by atoms with Crippen LogP contribution >= 0.6 is 11.8 Å². The lowest BCUT2D eigenvalue weighted by molar-refractivity contribution is -0.113. The fraction of sp³-hybridized carbons (Fsp3) is 0.333. The molecular formula is C24H27FN4O2S. The van der Waals surface area contributed by atoms with Crippen molar-refractivity contribution in [3.8, 4) is 17.0 Å². The van der Waals surface area contributed by atoms with Gasteiger partial charge in [-0.25, -0.2) is 4.39 Å². The maximum Gasteiger partial charge on any atom is 0.234 e. The van der Waals surface area contributed by atoms with Gasteiger partial charge in [0.25, 0.3) is 0 Å². The van der Waals surface area contributed by atoms with E-state index in [2.05, 4.69) is 15.3 Å². The largest absolute Gasteiger partial charge is 0.492 e. The van der Waals surface area contributed by atoms with E-state index < -0.39 is 0 Å². The van der Waals surface area contributed by atoms with Crippen LogP contribution in [-0.4, -0.2) is 52.6 Å². The van der Waals surface area contributed by atoms with E-state index in [1.807, 2.05) is 31.3 Å². The molecule has 32 heavy (non-hydrogen) atoms. The van der Waals surface area contributed by atoms with Gasteiger partial charge in [-0.1, -0.05) is 0 Å². The summed E-state index contributed by atoms with van der Waals surface area (Å²) >= 11 is 1.36. The van der Waals surface area contributed by atoms with Crippen molar-refractivity contribution >= 4 is 23.4 Å². The summed E-state index contributed by atoms with van der Waals surface area (Å²) in [5.41, 5.74) is 2.49. The molecular weight excluding hydrogens is 427 g/mol. The number of aryl methyl sites for hydroxylation is 1. The molecule has 1 saturated heterocycles. The Labute approximate surface area is 191 Å². The first kappa shape index (κ1) is 22.4.